The van der Waals surface area contributed by atoms with Gasteiger partial charge in [-0.25, -0.2) is 0 Å². The lowest BCUT2D eigenvalue weighted by molar-refractivity contribution is -0.121. The van der Waals surface area contributed by atoms with E-state index in [1.165, 1.54) is 0 Å². The van der Waals surface area contributed by atoms with Gasteiger partial charge in [-0.15, -0.1) is 0 Å². The smallest absolute Gasteiger partial charge is 0.238 e. The average Bonchev–Trinajstić information content (AvgIpc) is 2.66. The lowest BCUT2D eigenvalue weighted by Crippen LogP contribution is -2.39. The van der Waals surface area contributed by atoms with Crippen LogP contribution in [0.2, 0.25) is 0 Å². The van der Waals surface area contributed by atoms with Crippen LogP contribution in [-0.2, 0) is 16.2 Å². The van der Waals surface area contributed by atoms with Crippen LogP contribution in [0.4, 0.5) is 5.69 Å². The number of carbonyl (C=O) groups is 2. The maximum Gasteiger partial charge on any atom is 0.238 e. The van der Waals surface area contributed by atoms with Crippen LogP contribution in [0.1, 0.15) is 25.3 Å². The Labute approximate surface area is 160 Å². The number of nitrogens with zero attached hydrogens (tertiary/aromatic N) is 1. The summed E-state index contributed by atoms with van der Waals surface area (Å²) in [4.78, 5) is 25.1. The van der Waals surface area contributed by atoms with Crippen molar-refractivity contribution in [3.05, 3.63) is 60.2 Å². The molecule has 0 aromatic heterocycles. The molecule has 27 heavy (non-hydrogen) atoms. The zero-order chi connectivity index (χ0) is 19.5. The predicted molar refractivity (Wildman–Crippen MR) is 106 cm³/mol. The molecule has 0 fully saturated rings. The molecule has 3 N–H and O–H groups in total. The van der Waals surface area contributed by atoms with Gasteiger partial charge in [0.2, 0.25) is 11.8 Å². The summed E-state index contributed by atoms with van der Waals surface area (Å²) in [6.07, 6.45) is 1.90. The van der Waals surface area contributed by atoms with Crippen molar-refractivity contribution in [2.45, 2.75) is 26.4 Å². The summed E-state index contributed by atoms with van der Waals surface area (Å²) < 4.78 is 5.73. The number of unbranched alkanes of at least 4 members (excludes halogenated alkanes) is 1. The Balaban J connectivity index is 1.83. The fourth-order valence-corrected chi connectivity index (χ4v) is 2.60. The summed E-state index contributed by atoms with van der Waals surface area (Å²) in [7, 11) is 0. The van der Waals surface area contributed by atoms with Gasteiger partial charge >= 0.3 is 0 Å². The minimum atomic E-state index is -0.432. The SMILES string of the molecule is CCCCN(CC(N)=O)CC(=O)Nc1ccc(OCc2ccccc2)cc1. The lowest BCUT2D eigenvalue weighted by atomic mass is 10.2. The molecule has 0 saturated heterocycles. The van der Waals surface area contributed by atoms with Crippen LogP contribution >= 0.6 is 0 Å². The third-order valence-corrected chi connectivity index (χ3v) is 3.96. The van der Waals surface area contributed by atoms with E-state index in [1.807, 2.05) is 42.5 Å². The summed E-state index contributed by atoms with van der Waals surface area (Å²) in [5.41, 5.74) is 7.03. The summed E-state index contributed by atoms with van der Waals surface area (Å²) in [6, 6.07) is 17.1. The average molecular weight is 369 g/mol. The monoisotopic (exact) mass is 369 g/mol. The third-order valence-electron chi connectivity index (χ3n) is 3.96. The van der Waals surface area contributed by atoms with E-state index in [0.717, 1.165) is 24.2 Å². The molecule has 2 aromatic rings. The van der Waals surface area contributed by atoms with Gasteiger partial charge < -0.3 is 15.8 Å². The number of hydrogen-bond acceptors (Lipinski definition) is 4. The number of benzene rings is 2. The molecule has 144 valence electrons. The molecular weight excluding hydrogens is 342 g/mol. The topological polar surface area (TPSA) is 84.7 Å². The van der Waals surface area contributed by atoms with Crippen molar-refractivity contribution in [2.24, 2.45) is 5.73 Å². The second kappa shape index (κ2) is 11.0. The van der Waals surface area contributed by atoms with Crippen LogP contribution in [0.3, 0.4) is 0 Å². The van der Waals surface area contributed by atoms with Crippen molar-refractivity contribution in [3.63, 3.8) is 0 Å². The van der Waals surface area contributed by atoms with Gasteiger partial charge in [-0.1, -0.05) is 43.7 Å². The van der Waals surface area contributed by atoms with Crippen LogP contribution in [0.15, 0.2) is 54.6 Å². The molecule has 0 aliphatic rings. The molecule has 0 unspecified atom stereocenters. The van der Waals surface area contributed by atoms with E-state index in [1.54, 1.807) is 17.0 Å². The zero-order valence-corrected chi connectivity index (χ0v) is 15.7. The molecule has 2 aromatic carbocycles. The summed E-state index contributed by atoms with van der Waals surface area (Å²) in [5.74, 6) is 0.124. The van der Waals surface area contributed by atoms with Crippen LogP contribution in [0.25, 0.3) is 0 Å². The highest BCUT2D eigenvalue weighted by atomic mass is 16.5. The number of ether oxygens (including phenoxy) is 1. The van der Waals surface area contributed by atoms with E-state index in [2.05, 4.69) is 12.2 Å². The summed E-state index contributed by atoms with van der Waals surface area (Å²) in [6.45, 7) is 3.43. The molecule has 2 rings (SSSR count). The fourth-order valence-electron chi connectivity index (χ4n) is 2.60. The van der Waals surface area contributed by atoms with Gasteiger partial charge in [-0.3, -0.25) is 14.5 Å². The predicted octanol–water partition coefficient (Wildman–Crippen LogP) is 2.79. The first-order valence-electron chi connectivity index (χ1n) is 9.14. The number of nitrogens with one attached hydrogen (secondary N) is 1. The second-order valence-corrected chi connectivity index (χ2v) is 6.38. The quantitative estimate of drug-likeness (QED) is 0.638. The van der Waals surface area contributed by atoms with E-state index < -0.39 is 5.91 Å². The van der Waals surface area contributed by atoms with Crippen molar-refractivity contribution in [3.8, 4) is 5.75 Å². The van der Waals surface area contributed by atoms with E-state index >= 15 is 0 Å². The van der Waals surface area contributed by atoms with Crippen LogP contribution < -0.4 is 15.8 Å². The standard InChI is InChI=1S/C21H27N3O3/c1-2-3-13-24(14-20(22)25)15-21(26)23-18-9-11-19(12-10-18)27-16-17-7-5-4-6-8-17/h4-12H,2-3,13-16H2,1H3,(H2,22,25)(H,23,26). The van der Waals surface area contributed by atoms with Gasteiger partial charge in [0.1, 0.15) is 12.4 Å². The highest BCUT2D eigenvalue weighted by molar-refractivity contribution is 5.92. The van der Waals surface area contributed by atoms with Crippen molar-refractivity contribution in [1.82, 2.24) is 4.90 Å². The van der Waals surface area contributed by atoms with Gasteiger partial charge in [-0.05, 0) is 42.8 Å². The van der Waals surface area contributed by atoms with E-state index in [0.29, 0.717) is 18.8 Å². The molecule has 6 nitrogen and oxygen atoms in total. The minimum Gasteiger partial charge on any atom is -0.489 e. The Kier molecular flexibility index (Phi) is 8.32. The van der Waals surface area contributed by atoms with Crippen molar-refractivity contribution in [2.75, 3.05) is 25.0 Å². The number of carbonyl (C=O) groups excluding carboxylic acids is 2. The number of nitrogens with two attached hydrogens (primary N) is 1. The summed E-state index contributed by atoms with van der Waals surface area (Å²) in [5, 5.41) is 2.83. The van der Waals surface area contributed by atoms with Crippen molar-refractivity contribution < 1.29 is 14.3 Å². The Morgan fingerprint density at radius 3 is 2.37 bits per heavy atom. The van der Waals surface area contributed by atoms with Gasteiger partial charge in [0.15, 0.2) is 0 Å². The van der Waals surface area contributed by atoms with E-state index in [4.69, 9.17) is 10.5 Å². The number of primary amides is 1. The normalized spacial score (nSPS) is 10.6. The summed E-state index contributed by atoms with van der Waals surface area (Å²) >= 11 is 0. The first kappa shape index (κ1) is 20.5. The minimum absolute atomic E-state index is 0.0830. The number of anilines is 1. The Bertz CT molecular complexity index is 717. The highest BCUT2D eigenvalue weighted by Crippen LogP contribution is 2.17. The van der Waals surface area contributed by atoms with Crippen LogP contribution in [0.5, 0.6) is 5.75 Å². The molecule has 0 heterocycles. The molecule has 0 bridgehead atoms. The van der Waals surface area contributed by atoms with Crippen LogP contribution in [-0.4, -0.2) is 36.3 Å². The molecule has 0 atom stereocenters. The zero-order valence-electron chi connectivity index (χ0n) is 15.7. The second-order valence-electron chi connectivity index (χ2n) is 6.38. The Hall–Kier alpha value is -2.86. The Morgan fingerprint density at radius 2 is 1.74 bits per heavy atom. The lowest BCUT2D eigenvalue weighted by Gasteiger charge is -2.19. The number of hydrogen-bond donors (Lipinski definition) is 2. The van der Waals surface area contributed by atoms with Gasteiger partial charge in [0.25, 0.3) is 0 Å². The van der Waals surface area contributed by atoms with Crippen molar-refractivity contribution in [1.29, 1.82) is 0 Å². The molecule has 6 heteroatoms. The molecule has 0 radical (unpaired) electrons. The fraction of sp³-hybridized carbons (Fsp3) is 0.333. The number of amides is 2. The molecule has 0 aliphatic carbocycles. The molecule has 2 amide bonds. The first-order chi connectivity index (χ1) is 13.1. The molecule has 0 saturated carbocycles. The maximum absolute atomic E-state index is 12.2. The first-order valence-corrected chi connectivity index (χ1v) is 9.14. The van der Waals surface area contributed by atoms with Crippen molar-refractivity contribution >= 4 is 17.5 Å². The van der Waals surface area contributed by atoms with Gasteiger partial charge in [-0.2, -0.15) is 0 Å². The number of rotatable bonds is 11. The molecule has 0 aliphatic heterocycles. The molecule has 0 spiro atoms. The third kappa shape index (κ3) is 7.92. The highest BCUT2D eigenvalue weighted by Gasteiger charge is 2.13. The van der Waals surface area contributed by atoms with E-state index in [-0.39, 0.29) is 19.0 Å². The largest absolute Gasteiger partial charge is 0.489 e. The van der Waals surface area contributed by atoms with Gasteiger partial charge in [0.05, 0.1) is 13.1 Å². The van der Waals surface area contributed by atoms with Crippen LogP contribution in [0, 0.1) is 0 Å². The maximum atomic E-state index is 12.2. The van der Waals surface area contributed by atoms with Gasteiger partial charge in [0, 0.05) is 5.69 Å². The van der Waals surface area contributed by atoms with E-state index in [9.17, 15) is 9.59 Å². The molecular formula is C21H27N3O3. The Morgan fingerprint density at radius 1 is 1.04 bits per heavy atom.